The van der Waals surface area contributed by atoms with Gasteiger partial charge in [-0.3, -0.25) is 0 Å². The molecule has 0 unspecified atom stereocenters. The number of hydrogen-bond donors (Lipinski definition) is 2. The summed E-state index contributed by atoms with van der Waals surface area (Å²) in [4.78, 5) is 0. The van der Waals surface area contributed by atoms with E-state index in [0.717, 1.165) is 18.2 Å². The number of hydrogen-bond acceptors (Lipinski definition) is 2. The fraction of sp³-hybridized carbons (Fsp3) is 0.278. The third-order valence-electron chi connectivity index (χ3n) is 3.53. The minimum absolute atomic E-state index is 0.269. The maximum Gasteiger partial charge on any atom is 0.416 e. The monoisotopic (exact) mass is 357 g/mol. The van der Waals surface area contributed by atoms with E-state index >= 15 is 0 Å². The Kier molecular flexibility index (Phi) is 6.50. The molecule has 2 rings (SSSR count). The third-order valence-corrected chi connectivity index (χ3v) is 3.53. The number of nitrogens with two attached hydrogens (primary N) is 1. The molecule has 0 amide bonds. The van der Waals surface area contributed by atoms with E-state index in [4.69, 9.17) is 5.73 Å². The first-order chi connectivity index (χ1) is 11.7. The van der Waals surface area contributed by atoms with Crippen molar-refractivity contribution in [3.63, 3.8) is 0 Å². The van der Waals surface area contributed by atoms with Crippen LogP contribution >= 0.6 is 0 Å². The number of halogens is 5. The zero-order valence-corrected chi connectivity index (χ0v) is 13.3. The van der Waals surface area contributed by atoms with E-state index in [0.29, 0.717) is 24.1 Å². The van der Waals surface area contributed by atoms with Crippen LogP contribution in [-0.2, 0) is 12.7 Å². The smallest absolute Gasteiger partial charge is 0.327 e. The molecule has 3 N–H and O–H groups in total. The molecule has 0 fully saturated rings. The van der Waals surface area contributed by atoms with Crippen molar-refractivity contribution >= 4 is 0 Å². The summed E-state index contributed by atoms with van der Waals surface area (Å²) in [5, 5.41) is 3.00. The molecule has 0 aromatic heterocycles. The van der Waals surface area contributed by atoms with Crippen molar-refractivity contribution in [2.24, 2.45) is 5.73 Å². The predicted molar refractivity (Wildman–Crippen MR) is 85.5 cm³/mol. The van der Waals surface area contributed by atoms with Gasteiger partial charge in [-0.25, -0.2) is 8.78 Å². The van der Waals surface area contributed by atoms with Crippen molar-refractivity contribution < 1.29 is 22.0 Å². The molecule has 2 aromatic carbocycles. The largest absolute Gasteiger partial charge is 0.416 e. The van der Waals surface area contributed by atoms with Crippen LogP contribution in [0.5, 0.6) is 0 Å². The minimum atomic E-state index is -4.37. The van der Waals surface area contributed by atoms with Gasteiger partial charge in [0.15, 0.2) is 0 Å². The van der Waals surface area contributed by atoms with Gasteiger partial charge in [-0.15, -0.1) is 0 Å². The maximum atomic E-state index is 13.1. The van der Waals surface area contributed by atoms with Crippen LogP contribution in [-0.4, -0.2) is 12.6 Å². The Morgan fingerprint density at radius 3 is 2.36 bits per heavy atom. The number of rotatable bonds is 7. The summed E-state index contributed by atoms with van der Waals surface area (Å²) in [6.45, 7) is 0.719. The molecule has 0 saturated heterocycles. The highest BCUT2D eigenvalue weighted by atomic mass is 19.4. The average Bonchev–Trinajstić information content (AvgIpc) is 2.50. The van der Waals surface area contributed by atoms with Crippen molar-refractivity contribution in [1.82, 2.24) is 5.32 Å². The summed E-state index contributed by atoms with van der Waals surface area (Å²) in [6, 6.07) is 7.77. The summed E-state index contributed by atoms with van der Waals surface area (Å²) >= 11 is 0. The summed E-state index contributed by atoms with van der Waals surface area (Å²) in [6.07, 6.45) is -2.36. The van der Waals surface area contributed by atoms with Gasteiger partial charge in [0, 0.05) is 25.1 Å². The summed E-state index contributed by atoms with van der Waals surface area (Å²) in [5.74, 6) is -1.36. The third kappa shape index (κ3) is 6.43. The highest BCUT2D eigenvalue weighted by Gasteiger charge is 2.30. The van der Waals surface area contributed by atoms with Crippen LogP contribution in [0.1, 0.15) is 23.1 Å². The van der Waals surface area contributed by atoms with Crippen molar-refractivity contribution in [3.8, 4) is 0 Å². The quantitative estimate of drug-likeness (QED) is 0.580. The van der Waals surface area contributed by atoms with Gasteiger partial charge in [-0.1, -0.05) is 18.2 Å². The fourth-order valence-electron chi connectivity index (χ4n) is 2.36. The maximum absolute atomic E-state index is 13.1. The molecule has 2 nitrogen and oxygen atoms in total. The second-order valence-electron chi connectivity index (χ2n) is 5.70. The Morgan fingerprint density at radius 1 is 1.04 bits per heavy atom. The van der Waals surface area contributed by atoms with Crippen LogP contribution < -0.4 is 11.1 Å². The van der Waals surface area contributed by atoms with Crippen LogP contribution in [0.25, 0.3) is 0 Å². The molecule has 25 heavy (non-hydrogen) atoms. The highest BCUT2D eigenvalue weighted by Crippen LogP contribution is 2.29. The Balaban J connectivity index is 1.77. The highest BCUT2D eigenvalue weighted by molar-refractivity contribution is 5.27. The van der Waals surface area contributed by atoms with E-state index in [-0.39, 0.29) is 6.54 Å². The average molecular weight is 357 g/mol. The normalized spacial score (nSPS) is 13.0. The summed E-state index contributed by atoms with van der Waals surface area (Å²) in [5.41, 5.74) is 6.05. The van der Waals surface area contributed by atoms with Gasteiger partial charge in [-0.2, -0.15) is 13.2 Å². The molecule has 0 bridgehead atoms. The van der Waals surface area contributed by atoms with Gasteiger partial charge in [-0.05, 0) is 42.3 Å². The van der Waals surface area contributed by atoms with Crippen molar-refractivity contribution in [1.29, 1.82) is 0 Å². The number of nitrogens with one attached hydrogen (secondary N) is 1. The molecule has 7 heteroatoms. The van der Waals surface area contributed by atoms with Crippen molar-refractivity contribution in [3.05, 3.63) is 77.2 Å². The lowest BCUT2D eigenvalue weighted by Gasteiger charge is -2.13. The zero-order chi connectivity index (χ0) is 18.4. The van der Waals surface area contributed by atoms with E-state index in [1.54, 1.807) is 6.07 Å². The Bertz CT molecular complexity index is 680. The van der Waals surface area contributed by atoms with Gasteiger partial charge in [0.2, 0.25) is 0 Å². The van der Waals surface area contributed by atoms with Crippen LogP contribution in [0, 0.1) is 18.1 Å². The van der Waals surface area contributed by atoms with Gasteiger partial charge < -0.3 is 11.1 Å². The summed E-state index contributed by atoms with van der Waals surface area (Å²) in [7, 11) is 0. The standard InChI is InChI=1S/C18H18F5N2/c19-15-7-13(8-16(20)10-15)9-17(24)4-5-25-11-12-2-1-3-14(6-12)18(21,22)23/h1-3,6-10,17,25H,4-5,11,24H2/t17-/m1/s1. The van der Waals surface area contributed by atoms with E-state index in [2.05, 4.69) is 5.32 Å². The van der Waals surface area contributed by atoms with Gasteiger partial charge in [0.25, 0.3) is 0 Å². The Hall–Kier alpha value is -1.99. The molecule has 0 heterocycles. The lowest BCUT2D eigenvalue weighted by Crippen LogP contribution is -2.27. The Labute approximate surface area is 142 Å². The first-order valence-electron chi connectivity index (χ1n) is 7.67. The molecule has 0 aliphatic carbocycles. The molecule has 135 valence electrons. The first-order valence-corrected chi connectivity index (χ1v) is 7.67. The van der Waals surface area contributed by atoms with E-state index < -0.39 is 29.4 Å². The van der Waals surface area contributed by atoms with Crippen LogP contribution in [0.4, 0.5) is 22.0 Å². The Morgan fingerprint density at radius 2 is 1.72 bits per heavy atom. The second-order valence-corrected chi connectivity index (χ2v) is 5.70. The van der Waals surface area contributed by atoms with E-state index in [9.17, 15) is 22.0 Å². The number of benzene rings is 2. The van der Waals surface area contributed by atoms with Crippen LogP contribution in [0.15, 0.2) is 42.5 Å². The fourth-order valence-corrected chi connectivity index (χ4v) is 2.36. The zero-order valence-electron chi connectivity index (χ0n) is 13.3. The summed E-state index contributed by atoms with van der Waals surface area (Å²) < 4.78 is 64.1. The molecule has 1 atom stereocenters. The van der Waals surface area contributed by atoms with Crippen LogP contribution in [0.3, 0.4) is 0 Å². The molecule has 2 aromatic rings. The molecule has 1 radical (unpaired) electrons. The molecule has 0 aliphatic rings. The lowest BCUT2D eigenvalue weighted by atomic mass is 10.0. The topological polar surface area (TPSA) is 38.0 Å². The molecule has 0 aliphatic heterocycles. The minimum Gasteiger partial charge on any atom is -0.327 e. The molecular weight excluding hydrogens is 339 g/mol. The first kappa shape index (κ1) is 19.3. The molecule has 0 spiro atoms. The van der Waals surface area contributed by atoms with Gasteiger partial charge in [0.1, 0.15) is 11.6 Å². The van der Waals surface area contributed by atoms with Gasteiger partial charge in [0.05, 0.1) is 5.56 Å². The molecular formula is C18H18F5N2. The number of alkyl halides is 3. The van der Waals surface area contributed by atoms with Gasteiger partial charge >= 0.3 is 6.18 Å². The van der Waals surface area contributed by atoms with E-state index in [1.165, 1.54) is 24.6 Å². The lowest BCUT2D eigenvalue weighted by molar-refractivity contribution is -0.137. The second kappa shape index (κ2) is 8.40. The molecule has 0 saturated carbocycles. The van der Waals surface area contributed by atoms with Crippen molar-refractivity contribution in [2.45, 2.75) is 25.2 Å². The van der Waals surface area contributed by atoms with E-state index in [1.807, 2.05) is 0 Å². The SMILES string of the molecule is N[C@@H]([CH]c1cc(F)cc(F)c1)CCNCc1cccc(C(F)(F)F)c1. The van der Waals surface area contributed by atoms with Crippen molar-refractivity contribution in [2.75, 3.05) is 6.54 Å². The van der Waals surface area contributed by atoms with Crippen LogP contribution in [0.2, 0.25) is 0 Å². The predicted octanol–water partition coefficient (Wildman–Crippen LogP) is 4.04.